The Morgan fingerprint density at radius 2 is 1.63 bits per heavy atom. The molecule has 4 fully saturated rings. The molecule has 0 radical (unpaired) electrons. The van der Waals surface area contributed by atoms with Crippen molar-refractivity contribution in [1.82, 2.24) is 5.06 Å². The van der Waals surface area contributed by atoms with Crippen LogP contribution >= 0.6 is 0 Å². The number of hydrogen-bond acceptors (Lipinski definition) is 5. The summed E-state index contributed by atoms with van der Waals surface area (Å²) in [5, 5.41) is 10.5. The predicted molar refractivity (Wildman–Crippen MR) is 144 cm³/mol. The second-order valence-corrected chi connectivity index (χ2v) is 15.4. The highest BCUT2D eigenvalue weighted by atomic mass is 16.7. The van der Waals surface area contributed by atoms with Gasteiger partial charge in [0, 0.05) is 17.8 Å². The molecule has 5 aliphatic rings. The highest BCUT2D eigenvalue weighted by molar-refractivity contribution is 5.96. The molecule has 8 atom stereocenters. The minimum absolute atomic E-state index is 0.0232. The number of carbonyl (C=O) groups excluding carboxylic acids is 3. The third kappa shape index (κ3) is 3.30. The number of rotatable bonds is 2. The standard InChI is InChI=1S/C32H46N2O4/c1-27(2)13-15-32(26(37)34(19-33)38-8)16-14-31(7)25(20(32)18-27)21(35)17-23-29(5)11-10-24(36)28(3,4)22(29)9-12-30(23,31)6/h10-11,20,22-23,25H,9,12-18H2,1-8H3. The molecule has 4 saturated carbocycles. The van der Waals surface area contributed by atoms with Crippen LogP contribution in [0, 0.1) is 67.6 Å². The van der Waals surface area contributed by atoms with Gasteiger partial charge in [0.25, 0.3) is 5.91 Å². The molecule has 0 aromatic carbocycles. The van der Waals surface area contributed by atoms with Gasteiger partial charge in [0.2, 0.25) is 6.19 Å². The van der Waals surface area contributed by atoms with E-state index in [0.29, 0.717) is 19.3 Å². The summed E-state index contributed by atoms with van der Waals surface area (Å²) in [4.78, 5) is 46.6. The predicted octanol–water partition coefficient (Wildman–Crippen LogP) is 6.26. The van der Waals surface area contributed by atoms with Crippen molar-refractivity contribution in [2.45, 2.75) is 99.8 Å². The van der Waals surface area contributed by atoms with Crippen LogP contribution in [-0.2, 0) is 19.2 Å². The van der Waals surface area contributed by atoms with Gasteiger partial charge in [-0.2, -0.15) is 5.26 Å². The minimum atomic E-state index is -0.745. The fraction of sp³-hybridized carbons (Fsp3) is 0.812. The summed E-state index contributed by atoms with van der Waals surface area (Å²) in [6.07, 6.45) is 12.2. The summed E-state index contributed by atoms with van der Waals surface area (Å²) >= 11 is 0. The van der Waals surface area contributed by atoms with Crippen LogP contribution in [0.2, 0.25) is 0 Å². The normalized spacial score (nSPS) is 46.6. The minimum Gasteiger partial charge on any atom is -0.299 e. The van der Waals surface area contributed by atoms with E-state index in [2.05, 4.69) is 54.5 Å². The highest BCUT2D eigenvalue weighted by Gasteiger charge is 2.73. The Morgan fingerprint density at radius 1 is 0.974 bits per heavy atom. The molecular formula is C32H46N2O4. The summed E-state index contributed by atoms with van der Waals surface area (Å²) in [6.45, 7) is 15.7. The third-order valence-corrected chi connectivity index (χ3v) is 13.2. The number of nitrogens with zero attached hydrogens (tertiary/aromatic N) is 2. The lowest BCUT2D eigenvalue weighted by atomic mass is 9.31. The number of nitriles is 1. The van der Waals surface area contributed by atoms with E-state index in [1.165, 1.54) is 7.11 Å². The topological polar surface area (TPSA) is 87.5 Å². The van der Waals surface area contributed by atoms with Crippen molar-refractivity contribution in [2.75, 3.05) is 7.11 Å². The Kier molecular flexibility index (Phi) is 5.99. The van der Waals surface area contributed by atoms with Crippen LogP contribution in [-0.4, -0.2) is 29.6 Å². The first kappa shape index (κ1) is 27.6. The Bertz CT molecular complexity index is 1150. The van der Waals surface area contributed by atoms with Crippen molar-refractivity contribution in [2.24, 2.45) is 56.2 Å². The molecule has 1 amide bonds. The van der Waals surface area contributed by atoms with E-state index >= 15 is 0 Å². The average Bonchev–Trinajstić information content (AvgIpc) is 2.83. The number of hydrogen-bond donors (Lipinski definition) is 0. The maximum absolute atomic E-state index is 14.5. The molecule has 5 rings (SSSR count). The molecule has 0 aromatic rings. The summed E-state index contributed by atoms with van der Waals surface area (Å²) in [5.74, 6) is 0.236. The van der Waals surface area contributed by atoms with E-state index in [1.807, 2.05) is 6.19 Å². The molecule has 8 unspecified atom stereocenters. The molecule has 6 heteroatoms. The van der Waals surface area contributed by atoms with Gasteiger partial charge in [-0.05, 0) is 90.4 Å². The third-order valence-electron chi connectivity index (χ3n) is 13.2. The Morgan fingerprint density at radius 3 is 2.26 bits per heavy atom. The van der Waals surface area contributed by atoms with Crippen molar-refractivity contribution >= 4 is 17.5 Å². The van der Waals surface area contributed by atoms with Crippen molar-refractivity contribution in [3.8, 4) is 6.19 Å². The quantitative estimate of drug-likeness (QED) is 0.243. The smallest absolute Gasteiger partial charge is 0.266 e. The van der Waals surface area contributed by atoms with Gasteiger partial charge in [-0.3, -0.25) is 19.2 Å². The van der Waals surface area contributed by atoms with Gasteiger partial charge in [-0.25, -0.2) is 0 Å². The number of Topliss-reactive ketones (excluding diaryl/α,β-unsaturated/α-hetero) is 1. The fourth-order valence-corrected chi connectivity index (χ4v) is 10.8. The maximum atomic E-state index is 14.5. The molecule has 0 aromatic heterocycles. The molecule has 6 nitrogen and oxygen atoms in total. The first-order valence-electron chi connectivity index (χ1n) is 14.6. The van der Waals surface area contributed by atoms with Crippen LogP contribution in [0.3, 0.4) is 0 Å². The van der Waals surface area contributed by atoms with Gasteiger partial charge >= 0.3 is 0 Å². The van der Waals surface area contributed by atoms with Crippen LogP contribution in [0.4, 0.5) is 0 Å². The SMILES string of the molecule is CON(C#N)C(=O)C12CCC(C)(C)CC1C1C(=O)CC3C4(C)C=CC(=O)C(C)(C)C4CCC3(C)C1(C)CC2. The van der Waals surface area contributed by atoms with Gasteiger partial charge in [0.15, 0.2) is 5.78 Å². The second-order valence-electron chi connectivity index (χ2n) is 15.4. The van der Waals surface area contributed by atoms with Gasteiger partial charge in [-0.15, -0.1) is 5.06 Å². The molecule has 0 aliphatic heterocycles. The molecule has 0 saturated heterocycles. The second kappa shape index (κ2) is 8.26. The molecule has 0 bridgehead atoms. The molecule has 208 valence electrons. The Labute approximate surface area is 228 Å². The highest BCUT2D eigenvalue weighted by Crippen LogP contribution is 2.75. The number of amides is 1. The number of fused-ring (bicyclic) bond motifs is 7. The summed E-state index contributed by atoms with van der Waals surface area (Å²) in [7, 11) is 1.37. The van der Waals surface area contributed by atoms with Gasteiger partial charge < -0.3 is 0 Å². The van der Waals surface area contributed by atoms with Gasteiger partial charge in [-0.1, -0.05) is 54.5 Å². The molecule has 0 heterocycles. The van der Waals surface area contributed by atoms with Gasteiger partial charge in [0.1, 0.15) is 5.78 Å². The summed E-state index contributed by atoms with van der Waals surface area (Å²) < 4.78 is 0. The van der Waals surface area contributed by atoms with E-state index in [-0.39, 0.29) is 62.8 Å². The lowest BCUT2D eigenvalue weighted by Gasteiger charge is -2.71. The van der Waals surface area contributed by atoms with Crippen LogP contribution in [0.15, 0.2) is 12.2 Å². The molecule has 0 spiro atoms. The lowest BCUT2D eigenvalue weighted by Crippen LogP contribution is -2.69. The zero-order chi connectivity index (χ0) is 28.1. The number of carbonyl (C=O) groups is 3. The summed E-state index contributed by atoms with van der Waals surface area (Å²) in [6, 6.07) is 0. The van der Waals surface area contributed by atoms with Crippen LogP contribution in [0.25, 0.3) is 0 Å². The van der Waals surface area contributed by atoms with Crippen molar-refractivity contribution < 1.29 is 19.2 Å². The zero-order valence-electron chi connectivity index (χ0n) is 24.6. The van der Waals surface area contributed by atoms with E-state index < -0.39 is 10.8 Å². The zero-order valence-corrected chi connectivity index (χ0v) is 24.6. The molecular weight excluding hydrogens is 476 g/mol. The monoisotopic (exact) mass is 522 g/mol. The number of hydroxylamine groups is 2. The molecule has 0 N–H and O–H groups in total. The van der Waals surface area contributed by atoms with Gasteiger partial charge in [0.05, 0.1) is 12.5 Å². The molecule has 38 heavy (non-hydrogen) atoms. The maximum Gasteiger partial charge on any atom is 0.266 e. The summed E-state index contributed by atoms with van der Waals surface area (Å²) in [5.41, 5.74) is -1.73. The Balaban J connectivity index is 1.62. The average molecular weight is 523 g/mol. The number of allylic oxidation sites excluding steroid dienone is 2. The van der Waals surface area contributed by atoms with Crippen molar-refractivity contribution in [3.63, 3.8) is 0 Å². The number of ketones is 2. The van der Waals surface area contributed by atoms with E-state index in [1.54, 1.807) is 6.08 Å². The van der Waals surface area contributed by atoms with Crippen molar-refractivity contribution in [3.05, 3.63) is 12.2 Å². The first-order valence-corrected chi connectivity index (χ1v) is 14.6. The lowest BCUT2D eigenvalue weighted by molar-refractivity contribution is -0.229. The van der Waals surface area contributed by atoms with E-state index in [0.717, 1.165) is 37.2 Å². The van der Waals surface area contributed by atoms with Crippen LogP contribution in [0.1, 0.15) is 99.8 Å². The largest absolute Gasteiger partial charge is 0.299 e. The Hall–Kier alpha value is -2.00. The van der Waals surface area contributed by atoms with Crippen LogP contribution in [0.5, 0.6) is 0 Å². The van der Waals surface area contributed by atoms with Crippen molar-refractivity contribution in [1.29, 1.82) is 5.26 Å². The van der Waals surface area contributed by atoms with E-state index in [4.69, 9.17) is 4.84 Å². The van der Waals surface area contributed by atoms with E-state index in [9.17, 15) is 19.6 Å². The molecule has 5 aliphatic carbocycles. The first-order chi connectivity index (χ1) is 17.5. The fourth-order valence-electron chi connectivity index (χ4n) is 10.8. The van der Waals surface area contributed by atoms with Crippen LogP contribution < -0.4 is 0 Å².